The Labute approximate surface area is 201 Å². The second-order valence-corrected chi connectivity index (χ2v) is 9.15. The molecule has 0 bridgehead atoms. The number of nitrogens with one attached hydrogen (secondary N) is 1. The number of aliphatic hydroxyl groups is 2. The van der Waals surface area contributed by atoms with E-state index in [1.165, 1.54) is 0 Å². The number of aliphatic hydroxyl groups excluding tert-OH is 2. The molecule has 0 amide bonds. The molecule has 9 heteroatoms. The highest BCUT2D eigenvalue weighted by Crippen LogP contribution is 2.29. The molecule has 34 heavy (non-hydrogen) atoms. The van der Waals surface area contributed by atoms with Crippen molar-refractivity contribution in [3.05, 3.63) is 30.3 Å². The Morgan fingerprint density at radius 2 is 2.06 bits per heavy atom. The van der Waals surface area contributed by atoms with Crippen LogP contribution in [-0.4, -0.2) is 92.0 Å². The van der Waals surface area contributed by atoms with Crippen LogP contribution in [0.5, 0.6) is 5.75 Å². The molecule has 0 saturated carbocycles. The Morgan fingerprint density at radius 3 is 2.82 bits per heavy atom. The zero-order valence-corrected chi connectivity index (χ0v) is 20.2. The Balaban J connectivity index is 1.63. The lowest BCUT2D eigenvalue weighted by molar-refractivity contribution is 0.0853. The zero-order chi connectivity index (χ0) is 23.9. The van der Waals surface area contributed by atoms with Gasteiger partial charge in [0, 0.05) is 57.6 Å². The monoisotopic (exact) mass is 471 g/mol. The van der Waals surface area contributed by atoms with Gasteiger partial charge in [0.2, 0.25) is 0 Å². The molecule has 4 rings (SSSR count). The summed E-state index contributed by atoms with van der Waals surface area (Å²) in [5, 5.41) is 23.1. The fraction of sp³-hybridized carbons (Fsp3) is 0.600. The summed E-state index contributed by atoms with van der Waals surface area (Å²) in [6.07, 6.45) is 2.76. The number of piperidine rings is 1. The third-order valence-electron chi connectivity index (χ3n) is 6.49. The van der Waals surface area contributed by atoms with E-state index >= 15 is 0 Å². The molecular formula is C25H37N5O4. The molecule has 2 saturated heterocycles. The van der Waals surface area contributed by atoms with Crippen LogP contribution in [0, 0.1) is 0 Å². The van der Waals surface area contributed by atoms with Gasteiger partial charge in [0.1, 0.15) is 30.1 Å². The zero-order valence-electron chi connectivity index (χ0n) is 20.2. The maximum Gasteiger partial charge on any atom is 0.163 e. The standard InChI is InChI=1S/C25H37N5O4/c1-26-15-21(32)17-34-22-7-3-5-18(13-22)25-27-23(29(2)19-8-11-33-12-9-19)14-24(28-25)30-10-4-6-20(31)16-30/h3,5,7,13-14,19-21,26,31-32H,4,6,8-12,15-17H2,1-2H3. The van der Waals surface area contributed by atoms with Gasteiger partial charge in [-0.25, -0.2) is 9.97 Å². The van der Waals surface area contributed by atoms with Crippen molar-refractivity contribution in [2.45, 2.75) is 43.9 Å². The van der Waals surface area contributed by atoms with Crippen LogP contribution in [0.3, 0.4) is 0 Å². The summed E-state index contributed by atoms with van der Waals surface area (Å²) in [6, 6.07) is 10.1. The van der Waals surface area contributed by atoms with Gasteiger partial charge in [-0.2, -0.15) is 0 Å². The van der Waals surface area contributed by atoms with Crippen molar-refractivity contribution in [2.24, 2.45) is 0 Å². The maximum atomic E-state index is 10.2. The summed E-state index contributed by atoms with van der Waals surface area (Å²) in [5.74, 6) is 2.97. The molecule has 0 spiro atoms. The minimum atomic E-state index is -0.585. The molecular weight excluding hydrogens is 434 g/mol. The molecule has 186 valence electrons. The minimum Gasteiger partial charge on any atom is -0.491 e. The predicted octanol–water partition coefficient (Wildman–Crippen LogP) is 1.68. The van der Waals surface area contributed by atoms with Crippen LogP contribution < -0.4 is 19.9 Å². The molecule has 1 aromatic carbocycles. The molecule has 3 N–H and O–H groups in total. The second kappa shape index (κ2) is 11.8. The van der Waals surface area contributed by atoms with Gasteiger partial charge in [-0.05, 0) is 44.9 Å². The number of hydrogen-bond donors (Lipinski definition) is 3. The van der Waals surface area contributed by atoms with Gasteiger partial charge in [-0.15, -0.1) is 0 Å². The van der Waals surface area contributed by atoms with Gasteiger partial charge in [-0.3, -0.25) is 0 Å². The Morgan fingerprint density at radius 1 is 1.24 bits per heavy atom. The number of likely N-dealkylation sites (N-methyl/N-ethyl adjacent to an activating group) is 1. The molecule has 2 aliphatic heterocycles. The highest BCUT2D eigenvalue weighted by atomic mass is 16.5. The molecule has 2 unspecified atom stereocenters. The summed E-state index contributed by atoms with van der Waals surface area (Å²) >= 11 is 0. The molecule has 2 aliphatic rings. The molecule has 0 aliphatic carbocycles. The van der Waals surface area contributed by atoms with E-state index in [1.807, 2.05) is 30.3 Å². The maximum absolute atomic E-state index is 10.2. The van der Waals surface area contributed by atoms with Crippen LogP contribution in [0.4, 0.5) is 11.6 Å². The van der Waals surface area contributed by atoms with Gasteiger partial charge in [0.05, 0.1) is 6.10 Å². The van der Waals surface area contributed by atoms with Crippen LogP contribution in [0.15, 0.2) is 30.3 Å². The Kier molecular flexibility index (Phi) is 8.55. The van der Waals surface area contributed by atoms with Crippen LogP contribution in [0.25, 0.3) is 11.4 Å². The van der Waals surface area contributed by atoms with E-state index < -0.39 is 6.10 Å². The van der Waals surface area contributed by atoms with Gasteiger partial charge >= 0.3 is 0 Å². The fourth-order valence-electron chi connectivity index (χ4n) is 4.53. The summed E-state index contributed by atoms with van der Waals surface area (Å²) in [4.78, 5) is 14.2. The van der Waals surface area contributed by atoms with Crippen molar-refractivity contribution < 1.29 is 19.7 Å². The van der Waals surface area contributed by atoms with E-state index in [4.69, 9.17) is 19.4 Å². The molecule has 2 fully saturated rings. The molecule has 2 atom stereocenters. The highest BCUT2D eigenvalue weighted by molar-refractivity contribution is 5.64. The van der Waals surface area contributed by atoms with Crippen molar-refractivity contribution >= 4 is 11.6 Å². The highest BCUT2D eigenvalue weighted by Gasteiger charge is 2.24. The van der Waals surface area contributed by atoms with Gasteiger partial charge in [-0.1, -0.05) is 12.1 Å². The van der Waals surface area contributed by atoms with E-state index in [2.05, 4.69) is 22.2 Å². The average Bonchev–Trinajstić information content (AvgIpc) is 2.87. The summed E-state index contributed by atoms with van der Waals surface area (Å²) in [6.45, 7) is 3.63. The van der Waals surface area contributed by atoms with E-state index in [1.54, 1.807) is 7.05 Å². The number of aromatic nitrogens is 2. The van der Waals surface area contributed by atoms with Gasteiger partial charge in [0.25, 0.3) is 0 Å². The lowest BCUT2D eigenvalue weighted by Crippen LogP contribution is -2.40. The predicted molar refractivity (Wildman–Crippen MR) is 133 cm³/mol. The van der Waals surface area contributed by atoms with Crippen LogP contribution in [-0.2, 0) is 4.74 Å². The second-order valence-electron chi connectivity index (χ2n) is 9.15. The summed E-state index contributed by atoms with van der Waals surface area (Å²) < 4.78 is 11.3. The van der Waals surface area contributed by atoms with Crippen LogP contribution >= 0.6 is 0 Å². The fourth-order valence-corrected chi connectivity index (χ4v) is 4.53. The number of anilines is 2. The molecule has 2 aromatic rings. The average molecular weight is 472 g/mol. The first kappa shape index (κ1) is 24.7. The van der Waals surface area contributed by atoms with Crippen molar-refractivity contribution in [1.29, 1.82) is 0 Å². The number of hydrogen-bond acceptors (Lipinski definition) is 9. The van der Waals surface area contributed by atoms with E-state index in [0.29, 0.717) is 30.7 Å². The van der Waals surface area contributed by atoms with Crippen molar-refractivity contribution in [1.82, 2.24) is 15.3 Å². The minimum absolute atomic E-state index is 0.203. The Hall–Kier alpha value is -2.46. The van der Waals surface area contributed by atoms with Crippen molar-refractivity contribution in [2.75, 3.05) is 63.4 Å². The van der Waals surface area contributed by atoms with Gasteiger partial charge in [0.15, 0.2) is 5.82 Å². The first-order valence-corrected chi connectivity index (χ1v) is 12.2. The quantitative estimate of drug-likeness (QED) is 0.504. The smallest absolute Gasteiger partial charge is 0.163 e. The summed E-state index contributed by atoms with van der Waals surface area (Å²) in [5.41, 5.74) is 0.849. The first-order valence-electron chi connectivity index (χ1n) is 12.2. The molecule has 0 radical (unpaired) electrons. The number of ether oxygens (including phenoxy) is 2. The SMILES string of the molecule is CNCC(O)COc1cccc(-c2nc(N3CCCC(O)C3)cc(N(C)C3CCOCC3)n2)c1. The van der Waals surface area contributed by atoms with E-state index in [-0.39, 0.29) is 12.7 Å². The van der Waals surface area contributed by atoms with Crippen molar-refractivity contribution in [3.8, 4) is 17.1 Å². The third kappa shape index (κ3) is 6.35. The third-order valence-corrected chi connectivity index (χ3v) is 6.49. The molecule has 3 heterocycles. The van der Waals surface area contributed by atoms with Crippen molar-refractivity contribution in [3.63, 3.8) is 0 Å². The Bertz CT molecular complexity index is 924. The van der Waals surface area contributed by atoms with E-state index in [9.17, 15) is 10.2 Å². The lowest BCUT2D eigenvalue weighted by Gasteiger charge is -2.34. The summed E-state index contributed by atoms with van der Waals surface area (Å²) in [7, 11) is 3.88. The van der Waals surface area contributed by atoms with E-state index in [0.717, 1.165) is 62.6 Å². The number of rotatable bonds is 9. The molecule has 9 nitrogen and oxygen atoms in total. The number of benzene rings is 1. The van der Waals surface area contributed by atoms with Crippen LogP contribution in [0.2, 0.25) is 0 Å². The van der Waals surface area contributed by atoms with Gasteiger partial charge < -0.3 is 34.8 Å². The first-order chi connectivity index (χ1) is 16.5. The number of β-amino-alcohol motifs (C(OH)–C–C–N with tert-alkyl or cyclic N) is 1. The molecule has 1 aromatic heterocycles. The largest absolute Gasteiger partial charge is 0.491 e. The topological polar surface area (TPSA) is 103 Å². The number of nitrogens with zero attached hydrogens (tertiary/aromatic N) is 4. The normalized spacial score (nSPS) is 20.2. The lowest BCUT2D eigenvalue weighted by atomic mass is 10.1. The van der Waals surface area contributed by atoms with Crippen LogP contribution in [0.1, 0.15) is 25.7 Å².